The van der Waals surface area contributed by atoms with E-state index in [2.05, 4.69) is 15.2 Å². The Morgan fingerprint density at radius 2 is 2.05 bits per heavy atom. The second kappa shape index (κ2) is 4.68. The Hall–Kier alpha value is -2.43. The second-order valence-electron chi connectivity index (χ2n) is 4.21. The van der Waals surface area contributed by atoms with Gasteiger partial charge in [-0.3, -0.25) is 0 Å². The summed E-state index contributed by atoms with van der Waals surface area (Å²) in [5.74, 6) is 0.546. The minimum Gasteiger partial charge on any atom is -0.477 e. The molecule has 96 valence electrons. The number of pyridine rings is 1. The van der Waals surface area contributed by atoms with Crippen LogP contribution in [0.1, 0.15) is 6.92 Å². The van der Waals surface area contributed by atoms with E-state index < -0.39 is 0 Å². The molecule has 0 atom stereocenters. The number of aromatic nitrogens is 4. The van der Waals surface area contributed by atoms with Crippen molar-refractivity contribution in [2.45, 2.75) is 6.92 Å². The van der Waals surface area contributed by atoms with Crippen molar-refractivity contribution >= 4 is 11.0 Å². The van der Waals surface area contributed by atoms with Crippen molar-refractivity contribution in [3.63, 3.8) is 0 Å². The Morgan fingerprint density at radius 1 is 1.16 bits per heavy atom. The molecule has 0 amide bonds. The van der Waals surface area contributed by atoms with Crippen LogP contribution in [0.2, 0.25) is 0 Å². The average molecular weight is 254 g/mol. The number of fused-ring (bicyclic) bond motifs is 1. The molecule has 5 heteroatoms. The molecule has 0 radical (unpaired) electrons. The van der Waals surface area contributed by atoms with Gasteiger partial charge in [-0.15, -0.1) is 10.2 Å². The van der Waals surface area contributed by atoms with Gasteiger partial charge in [0.15, 0.2) is 0 Å². The van der Waals surface area contributed by atoms with Crippen LogP contribution >= 0.6 is 0 Å². The molecule has 3 rings (SSSR count). The quantitative estimate of drug-likeness (QED) is 0.720. The van der Waals surface area contributed by atoms with E-state index in [1.165, 1.54) is 0 Å². The zero-order valence-corrected chi connectivity index (χ0v) is 10.9. The molecule has 3 aromatic rings. The van der Waals surface area contributed by atoms with Crippen LogP contribution < -0.4 is 4.74 Å². The van der Waals surface area contributed by atoms with Gasteiger partial charge in [0, 0.05) is 36.5 Å². The fourth-order valence-electron chi connectivity index (χ4n) is 2.08. The first-order chi connectivity index (χ1) is 9.29. The molecule has 0 N–H and O–H groups in total. The number of ether oxygens (including phenoxy) is 1. The zero-order valence-electron chi connectivity index (χ0n) is 10.9. The fourth-order valence-corrected chi connectivity index (χ4v) is 2.08. The number of rotatable bonds is 3. The lowest BCUT2D eigenvalue weighted by Gasteiger charge is -2.04. The first kappa shape index (κ1) is 11.6. The summed E-state index contributed by atoms with van der Waals surface area (Å²) in [7, 11) is 1.98. The molecule has 0 saturated heterocycles. The van der Waals surface area contributed by atoms with Gasteiger partial charge >= 0.3 is 0 Å². The monoisotopic (exact) mass is 254 g/mol. The molecule has 0 saturated carbocycles. The Bertz CT molecular complexity index is 703. The first-order valence-corrected chi connectivity index (χ1v) is 6.16. The van der Waals surface area contributed by atoms with Gasteiger partial charge in [-0.2, -0.15) is 0 Å². The highest BCUT2D eigenvalue weighted by Crippen LogP contribution is 2.26. The maximum absolute atomic E-state index is 5.30. The summed E-state index contributed by atoms with van der Waals surface area (Å²) in [5, 5.41) is 9.35. The van der Waals surface area contributed by atoms with Crippen molar-refractivity contribution in [3.05, 3.63) is 36.7 Å². The summed E-state index contributed by atoms with van der Waals surface area (Å²) in [4.78, 5) is 4.36. The molecule has 0 bridgehead atoms. The average Bonchev–Trinajstić information content (AvgIpc) is 2.82. The summed E-state index contributed by atoms with van der Waals surface area (Å²) >= 11 is 0. The van der Waals surface area contributed by atoms with Gasteiger partial charge in [-0.25, -0.2) is 4.98 Å². The number of aryl methyl sites for hydroxylation is 1. The van der Waals surface area contributed by atoms with E-state index in [1.54, 1.807) is 6.20 Å². The predicted octanol–water partition coefficient (Wildman–Crippen LogP) is 2.43. The van der Waals surface area contributed by atoms with Crippen LogP contribution in [0.3, 0.4) is 0 Å². The van der Waals surface area contributed by atoms with E-state index in [9.17, 15) is 0 Å². The van der Waals surface area contributed by atoms with Crippen molar-refractivity contribution in [2.24, 2.45) is 7.05 Å². The van der Waals surface area contributed by atoms with E-state index >= 15 is 0 Å². The third kappa shape index (κ3) is 2.03. The molecular weight excluding hydrogens is 240 g/mol. The molecule has 5 nitrogen and oxygen atoms in total. The summed E-state index contributed by atoms with van der Waals surface area (Å²) in [6, 6.07) is 7.74. The van der Waals surface area contributed by atoms with Crippen LogP contribution in [-0.4, -0.2) is 26.4 Å². The van der Waals surface area contributed by atoms with Crippen molar-refractivity contribution in [3.8, 4) is 17.1 Å². The lowest BCUT2D eigenvalue weighted by atomic mass is 10.1. The summed E-state index contributed by atoms with van der Waals surface area (Å²) in [5.41, 5.74) is 2.79. The topological polar surface area (TPSA) is 52.8 Å². The van der Waals surface area contributed by atoms with Crippen LogP contribution in [0.4, 0.5) is 0 Å². The van der Waals surface area contributed by atoms with Crippen molar-refractivity contribution in [2.75, 3.05) is 6.61 Å². The Morgan fingerprint density at radius 3 is 2.79 bits per heavy atom. The molecule has 3 heterocycles. The zero-order chi connectivity index (χ0) is 13.2. The second-order valence-corrected chi connectivity index (χ2v) is 4.21. The van der Waals surface area contributed by atoms with E-state index in [1.807, 2.05) is 49.0 Å². The summed E-state index contributed by atoms with van der Waals surface area (Å²) in [6.45, 7) is 2.51. The third-order valence-corrected chi connectivity index (χ3v) is 2.98. The molecule has 0 unspecified atom stereocenters. The largest absolute Gasteiger partial charge is 0.477 e. The first-order valence-electron chi connectivity index (χ1n) is 6.16. The van der Waals surface area contributed by atoms with E-state index in [4.69, 9.17) is 4.74 Å². The Labute approximate surface area is 110 Å². The number of hydrogen-bond acceptors (Lipinski definition) is 4. The highest BCUT2D eigenvalue weighted by Gasteiger charge is 2.08. The van der Waals surface area contributed by atoms with Crippen molar-refractivity contribution in [1.82, 2.24) is 19.7 Å². The van der Waals surface area contributed by atoms with Gasteiger partial charge in [0.25, 0.3) is 0 Å². The maximum Gasteiger partial charge on any atom is 0.233 e. The number of nitrogens with zero attached hydrogens (tertiary/aromatic N) is 4. The Balaban J connectivity index is 2.08. The molecule has 0 fully saturated rings. The summed E-state index contributed by atoms with van der Waals surface area (Å²) in [6.07, 6.45) is 3.78. The standard InChI is InChI=1S/C14H14N4O/c1-3-19-13-5-4-12(16-17-13)10-6-8-15-14-11(10)7-9-18(14)2/h4-9H,3H2,1-2H3. The van der Waals surface area contributed by atoms with E-state index in [0.717, 1.165) is 22.3 Å². The minimum atomic E-state index is 0.546. The van der Waals surface area contributed by atoms with E-state index in [-0.39, 0.29) is 0 Å². The van der Waals surface area contributed by atoms with Gasteiger partial charge in [-0.1, -0.05) is 0 Å². The van der Waals surface area contributed by atoms with Gasteiger partial charge in [0.2, 0.25) is 5.88 Å². The maximum atomic E-state index is 5.30. The molecule has 19 heavy (non-hydrogen) atoms. The normalized spacial score (nSPS) is 10.8. The lowest BCUT2D eigenvalue weighted by Crippen LogP contribution is -1.97. The Kier molecular flexibility index (Phi) is 2.87. The van der Waals surface area contributed by atoms with Crippen LogP contribution in [0.15, 0.2) is 36.7 Å². The molecule has 0 aliphatic heterocycles. The van der Waals surface area contributed by atoms with Gasteiger partial charge in [-0.05, 0) is 25.1 Å². The van der Waals surface area contributed by atoms with Crippen molar-refractivity contribution < 1.29 is 4.74 Å². The smallest absolute Gasteiger partial charge is 0.233 e. The highest BCUT2D eigenvalue weighted by atomic mass is 16.5. The third-order valence-electron chi connectivity index (χ3n) is 2.98. The van der Waals surface area contributed by atoms with E-state index in [0.29, 0.717) is 12.5 Å². The van der Waals surface area contributed by atoms with Crippen LogP contribution in [0, 0.1) is 0 Å². The molecule has 0 aliphatic rings. The molecule has 0 aromatic carbocycles. The van der Waals surface area contributed by atoms with Crippen LogP contribution in [-0.2, 0) is 7.05 Å². The van der Waals surface area contributed by atoms with Gasteiger partial charge in [0.1, 0.15) is 5.65 Å². The lowest BCUT2D eigenvalue weighted by molar-refractivity contribution is 0.323. The predicted molar refractivity (Wildman–Crippen MR) is 72.9 cm³/mol. The van der Waals surface area contributed by atoms with Crippen LogP contribution in [0.5, 0.6) is 5.88 Å². The van der Waals surface area contributed by atoms with Crippen LogP contribution in [0.25, 0.3) is 22.3 Å². The SMILES string of the molecule is CCOc1ccc(-c2ccnc3c2ccn3C)nn1. The summed E-state index contributed by atoms with van der Waals surface area (Å²) < 4.78 is 7.29. The minimum absolute atomic E-state index is 0.546. The molecule has 0 aliphatic carbocycles. The molecule has 3 aromatic heterocycles. The number of hydrogen-bond donors (Lipinski definition) is 0. The van der Waals surface area contributed by atoms with Crippen molar-refractivity contribution in [1.29, 1.82) is 0 Å². The van der Waals surface area contributed by atoms with Gasteiger partial charge in [0.05, 0.1) is 12.3 Å². The molecule has 0 spiro atoms. The molecular formula is C14H14N4O. The van der Waals surface area contributed by atoms with Gasteiger partial charge < -0.3 is 9.30 Å². The highest BCUT2D eigenvalue weighted by molar-refractivity contribution is 5.92. The fraction of sp³-hybridized carbons (Fsp3) is 0.214.